The van der Waals surface area contributed by atoms with Crippen molar-refractivity contribution in [2.75, 3.05) is 17.2 Å². The van der Waals surface area contributed by atoms with Gasteiger partial charge in [0.15, 0.2) is 0 Å². The number of anilines is 2. The molecule has 3 nitrogen and oxygen atoms in total. The fraction of sp³-hybridized carbons (Fsp3) is 0.471. The monoisotopic (exact) mass is 267 g/mol. The number of hydrogen-bond donors (Lipinski definition) is 2. The number of hydrogen-bond acceptors (Lipinski definition) is 3. The molecule has 2 aliphatic rings. The van der Waals surface area contributed by atoms with Gasteiger partial charge in [0.2, 0.25) is 0 Å². The van der Waals surface area contributed by atoms with Crippen molar-refractivity contribution in [3.63, 3.8) is 0 Å². The van der Waals surface area contributed by atoms with Crippen LogP contribution in [0.1, 0.15) is 38.5 Å². The zero-order chi connectivity index (χ0) is 13.4. The SMILES string of the molecule is c1ccc2c3c(cnc2c1)NCCC1(CCCCC1)N3. The molecule has 1 aliphatic carbocycles. The number of fused-ring (bicyclic) bond motifs is 3. The Hall–Kier alpha value is -1.77. The highest BCUT2D eigenvalue weighted by atomic mass is 15.1. The van der Waals surface area contributed by atoms with Gasteiger partial charge in [-0.1, -0.05) is 37.5 Å². The maximum absolute atomic E-state index is 4.57. The Morgan fingerprint density at radius 1 is 1.00 bits per heavy atom. The third-order valence-corrected chi connectivity index (χ3v) is 4.90. The topological polar surface area (TPSA) is 37.0 Å². The quantitative estimate of drug-likeness (QED) is 0.752. The standard InChI is InChI=1S/C17H21N3/c1-4-8-17(9-5-1)10-11-18-15-12-19-14-7-3-2-6-13(14)16(15)20-17/h2-3,6-7,12,18,20H,1,4-5,8-11H2. The van der Waals surface area contributed by atoms with E-state index in [0.717, 1.165) is 17.7 Å². The molecule has 0 saturated heterocycles. The molecular formula is C17H21N3. The van der Waals surface area contributed by atoms with Gasteiger partial charge in [0.25, 0.3) is 0 Å². The van der Waals surface area contributed by atoms with E-state index in [4.69, 9.17) is 0 Å². The maximum atomic E-state index is 4.57. The summed E-state index contributed by atoms with van der Waals surface area (Å²) in [6.07, 6.45) is 9.87. The van der Waals surface area contributed by atoms with Gasteiger partial charge in [-0.15, -0.1) is 0 Å². The summed E-state index contributed by atoms with van der Waals surface area (Å²) in [4.78, 5) is 4.57. The first-order chi connectivity index (χ1) is 9.86. The molecule has 0 bridgehead atoms. The third kappa shape index (κ3) is 1.92. The Kier molecular flexibility index (Phi) is 2.79. The first-order valence-electron chi connectivity index (χ1n) is 7.76. The van der Waals surface area contributed by atoms with Gasteiger partial charge in [-0.2, -0.15) is 0 Å². The van der Waals surface area contributed by atoms with E-state index in [1.165, 1.54) is 49.6 Å². The second-order valence-electron chi connectivity index (χ2n) is 6.21. The van der Waals surface area contributed by atoms with Gasteiger partial charge in [0.05, 0.1) is 23.1 Å². The van der Waals surface area contributed by atoms with E-state index < -0.39 is 0 Å². The van der Waals surface area contributed by atoms with Crippen LogP contribution in [0.25, 0.3) is 10.9 Å². The van der Waals surface area contributed by atoms with Crippen LogP contribution < -0.4 is 10.6 Å². The molecule has 2 aromatic rings. The summed E-state index contributed by atoms with van der Waals surface area (Å²) in [7, 11) is 0. The van der Waals surface area contributed by atoms with E-state index in [1.54, 1.807) is 0 Å². The van der Waals surface area contributed by atoms with E-state index in [-0.39, 0.29) is 0 Å². The highest BCUT2D eigenvalue weighted by molar-refractivity contribution is 5.98. The van der Waals surface area contributed by atoms with Crippen LogP contribution in [0.4, 0.5) is 11.4 Å². The van der Waals surface area contributed by atoms with E-state index in [0.29, 0.717) is 5.54 Å². The summed E-state index contributed by atoms with van der Waals surface area (Å²) in [5.41, 5.74) is 3.79. The van der Waals surface area contributed by atoms with Gasteiger partial charge in [0, 0.05) is 17.5 Å². The summed E-state index contributed by atoms with van der Waals surface area (Å²) < 4.78 is 0. The predicted molar refractivity (Wildman–Crippen MR) is 84.3 cm³/mol. The number of benzene rings is 1. The first kappa shape index (κ1) is 12.0. The van der Waals surface area contributed by atoms with Crippen LogP contribution in [0, 0.1) is 0 Å². The second kappa shape index (κ2) is 4.65. The molecule has 2 N–H and O–H groups in total. The van der Waals surface area contributed by atoms with Gasteiger partial charge in [-0.05, 0) is 25.3 Å². The highest BCUT2D eigenvalue weighted by Crippen LogP contribution is 2.41. The summed E-state index contributed by atoms with van der Waals surface area (Å²) in [6, 6.07) is 8.43. The number of para-hydroxylation sites is 1. The minimum atomic E-state index is 0.292. The molecule has 1 aromatic carbocycles. The maximum Gasteiger partial charge on any atom is 0.0769 e. The van der Waals surface area contributed by atoms with Gasteiger partial charge in [0.1, 0.15) is 0 Å². The Balaban J connectivity index is 1.83. The summed E-state index contributed by atoms with van der Waals surface area (Å²) in [5, 5.41) is 8.72. The van der Waals surface area contributed by atoms with Gasteiger partial charge in [-0.25, -0.2) is 0 Å². The molecule has 0 amide bonds. The largest absolute Gasteiger partial charge is 0.382 e. The molecule has 1 aromatic heterocycles. The van der Waals surface area contributed by atoms with Crippen molar-refractivity contribution in [2.24, 2.45) is 0 Å². The first-order valence-corrected chi connectivity index (χ1v) is 7.76. The lowest BCUT2D eigenvalue weighted by molar-refractivity contribution is 0.313. The molecule has 0 unspecified atom stereocenters. The Bertz CT molecular complexity index is 629. The third-order valence-electron chi connectivity index (χ3n) is 4.90. The number of nitrogens with zero attached hydrogens (tertiary/aromatic N) is 1. The summed E-state index contributed by atoms with van der Waals surface area (Å²) >= 11 is 0. The molecule has 0 radical (unpaired) electrons. The molecule has 1 saturated carbocycles. The molecular weight excluding hydrogens is 246 g/mol. The van der Waals surface area contributed by atoms with E-state index >= 15 is 0 Å². The Morgan fingerprint density at radius 2 is 1.85 bits per heavy atom. The van der Waals surface area contributed by atoms with Crippen LogP contribution in [0.2, 0.25) is 0 Å². The minimum absolute atomic E-state index is 0.292. The van der Waals surface area contributed by atoms with Gasteiger partial charge >= 0.3 is 0 Å². The number of rotatable bonds is 0. The van der Waals surface area contributed by atoms with Crippen LogP contribution in [-0.2, 0) is 0 Å². The summed E-state index contributed by atoms with van der Waals surface area (Å²) in [6.45, 7) is 1.04. The molecule has 20 heavy (non-hydrogen) atoms. The lowest BCUT2D eigenvalue weighted by Gasteiger charge is -2.38. The summed E-state index contributed by atoms with van der Waals surface area (Å²) in [5.74, 6) is 0. The molecule has 4 rings (SSSR count). The minimum Gasteiger partial charge on any atom is -0.382 e. The van der Waals surface area contributed by atoms with Crippen LogP contribution in [0.5, 0.6) is 0 Å². The zero-order valence-electron chi connectivity index (χ0n) is 11.8. The molecule has 1 fully saturated rings. The number of aromatic nitrogens is 1. The highest BCUT2D eigenvalue weighted by Gasteiger charge is 2.34. The van der Waals surface area contributed by atoms with E-state index in [2.05, 4.69) is 39.9 Å². The van der Waals surface area contributed by atoms with Crippen molar-refractivity contribution in [3.05, 3.63) is 30.5 Å². The number of nitrogens with one attached hydrogen (secondary N) is 2. The van der Waals surface area contributed by atoms with Crippen molar-refractivity contribution < 1.29 is 0 Å². The number of pyridine rings is 1. The smallest absolute Gasteiger partial charge is 0.0769 e. The van der Waals surface area contributed by atoms with Crippen LogP contribution in [0.15, 0.2) is 30.5 Å². The van der Waals surface area contributed by atoms with Crippen LogP contribution >= 0.6 is 0 Å². The Morgan fingerprint density at radius 3 is 2.75 bits per heavy atom. The molecule has 0 atom stereocenters. The average Bonchev–Trinajstić information content (AvgIpc) is 2.67. The van der Waals surface area contributed by atoms with E-state index in [9.17, 15) is 0 Å². The van der Waals surface area contributed by atoms with E-state index in [1.807, 2.05) is 6.20 Å². The molecule has 2 heterocycles. The van der Waals surface area contributed by atoms with Crippen LogP contribution in [0.3, 0.4) is 0 Å². The Labute approximate surface area is 119 Å². The van der Waals surface area contributed by atoms with Crippen LogP contribution in [-0.4, -0.2) is 17.1 Å². The van der Waals surface area contributed by atoms with Crippen molar-refractivity contribution in [1.29, 1.82) is 0 Å². The van der Waals surface area contributed by atoms with Crippen molar-refractivity contribution >= 4 is 22.3 Å². The predicted octanol–water partition coefficient (Wildman–Crippen LogP) is 4.17. The zero-order valence-corrected chi connectivity index (χ0v) is 11.8. The van der Waals surface area contributed by atoms with Crippen molar-refractivity contribution in [3.8, 4) is 0 Å². The normalized spacial score (nSPS) is 20.8. The molecule has 104 valence electrons. The fourth-order valence-corrected chi connectivity index (χ4v) is 3.78. The molecule has 1 spiro atoms. The fourth-order valence-electron chi connectivity index (χ4n) is 3.78. The van der Waals surface area contributed by atoms with Crippen molar-refractivity contribution in [2.45, 2.75) is 44.1 Å². The second-order valence-corrected chi connectivity index (χ2v) is 6.21. The van der Waals surface area contributed by atoms with Gasteiger partial charge < -0.3 is 10.6 Å². The van der Waals surface area contributed by atoms with Gasteiger partial charge in [-0.3, -0.25) is 4.98 Å². The molecule has 1 aliphatic heterocycles. The average molecular weight is 267 g/mol. The lowest BCUT2D eigenvalue weighted by Crippen LogP contribution is -2.40. The molecule has 3 heteroatoms. The van der Waals surface area contributed by atoms with Crippen molar-refractivity contribution in [1.82, 2.24) is 4.98 Å². The lowest BCUT2D eigenvalue weighted by atomic mass is 9.79.